The first-order valence-electron chi connectivity index (χ1n) is 7.80. The van der Waals surface area contributed by atoms with E-state index in [1.165, 1.54) is 0 Å². The maximum absolute atomic E-state index is 12.5. The lowest BCUT2D eigenvalue weighted by atomic mass is 9.80. The maximum atomic E-state index is 12.5. The second-order valence-corrected chi connectivity index (χ2v) is 7.72. The van der Waals surface area contributed by atoms with Crippen LogP contribution in [0.1, 0.15) is 52.9 Å². The number of ether oxygens (including phenoxy) is 2. The van der Waals surface area contributed by atoms with Crippen LogP contribution in [-0.4, -0.2) is 37.2 Å². The van der Waals surface area contributed by atoms with Gasteiger partial charge in [-0.3, -0.25) is 4.79 Å². The molecule has 0 amide bonds. The van der Waals surface area contributed by atoms with E-state index in [1.807, 2.05) is 0 Å². The third-order valence-corrected chi connectivity index (χ3v) is 4.35. The molecule has 0 radical (unpaired) electrons. The second-order valence-electron chi connectivity index (χ2n) is 7.72. The SMILES string of the molecule is CC(C)(C)CC(N)CC(=O)C1CCOC2(CCOC2)C1. The van der Waals surface area contributed by atoms with Gasteiger partial charge in [-0.1, -0.05) is 20.8 Å². The van der Waals surface area contributed by atoms with Gasteiger partial charge in [0.15, 0.2) is 0 Å². The molecule has 1 spiro atoms. The summed E-state index contributed by atoms with van der Waals surface area (Å²) in [6.45, 7) is 8.56. The highest BCUT2D eigenvalue weighted by atomic mass is 16.6. The van der Waals surface area contributed by atoms with Crippen LogP contribution in [0.4, 0.5) is 0 Å². The van der Waals surface area contributed by atoms with E-state index in [0.717, 1.165) is 32.3 Å². The molecular formula is C16H29NO3. The average Bonchev–Trinajstić information content (AvgIpc) is 2.74. The molecule has 2 saturated heterocycles. The first kappa shape index (κ1) is 15.9. The van der Waals surface area contributed by atoms with Crippen LogP contribution in [0, 0.1) is 11.3 Å². The number of nitrogens with two attached hydrogens (primary N) is 1. The summed E-state index contributed by atoms with van der Waals surface area (Å²) in [7, 11) is 0. The third kappa shape index (κ3) is 4.27. The molecule has 116 valence electrons. The minimum Gasteiger partial charge on any atom is -0.378 e. The molecule has 20 heavy (non-hydrogen) atoms. The molecule has 0 aromatic heterocycles. The van der Waals surface area contributed by atoms with Gasteiger partial charge in [0.1, 0.15) is 5.78 Å². The summed E-state index contributed by atoms with van der Waals surface area (Å²) in [5, 5.41) is 0. The van der Waals surface area contributed by atoms with E-state index in [2.05, 4.69) is 20.8 Å². The minimum atomic E-state index is -0.188. The summed E-state index contributed by atoms with van der Waals surface area (Å²) in [6.07, 6.45) is 3.96. The van der Waals surface area contributed by atoms with Crippen molar-refractivity contribution in [3.8, 4) is 0 Å². The highest BCUT2D eigenvalue weighted by molar-refractivity contribution is 5.81. The highest BCUT2D eigenvalue weighted by Gasteiger charge is 2.42. The van der Waals surface area contributed by atoms with E-state index in [4.69, 9.17) is 15.2 Å². The van der Waals surface area contributed by atoms with Crippen molar-refractivity contribution in [2.75, 3.05) is 19.8 Å². The molecule has 0 aromatic rings. The van der Waals surface area contributed by atoms with Crippen molar-refractivity contribution in [2.45, 2.75) is 64.5 Å². The predicted octanol–water partition coefficient (Wildman–Crippen LogP) is 2.29. The monoisotopic (exact) mass is 283 g/mol. The maximum Gasteiger partial charge on any atom is 0.137 e. The van der Waals surface area contributed by atoms with Crippen LogP contribution in [0.5, 0.6) is 0 Å². The number of hydrogen-bond acceptors (Lipinski definition) is 4. The first-order chi connectivity index (χ1) is 9.30. The average molecular weight is 283 g/mol. The molecule has 2 heterocycles. The topological polar surface area (TPSA) is 61.6 Å². The summed E-state index contributed by atoms with van der Waals surface area (Å²) in [5.41, 5.74) is 6.12. The number of carbonyl (C=O) groups is 1. The molecule has 0 aromatic carbocycles. The van der Waals surface area contributed by atoms with Gasteiger partial charge in [0, 0.05) is 38.0 Å². The molecule has 3 atom stereocenters. The molecule has 4 nitrogen and oxygen atoms in total. The molecule has 3 unspecified atom stereocenters. The quantitative estimate of drug-likeness (QED) is 0.860. The van der Waals surface area contributed by atoms with E-state index in [-0.39, 0.29) is 23.0 Å². The molecule has 4 heteroatoms. The van der Waals surface area contributed by atoms with Crippen molar-refractivity contribution >= 4 is 5.78 Å². The molecular weight excluding hydrogens is 254 g/mol. The van der Waals surface area contributed by atoms with Crippen LogP contribution in [0.2, 0.25) is 0 Å². The Morgan fingerprint density at radius 1 is 1.40 bits per heavy atom. The lowest BCUT2D eigenvalue weighted by Crippen LogP contribution is -2.43. The van der Waals surface area contributed by atoms with Gasteiger partial charge in [-0.15, -0.1) is 0 Å². The predicted molar refractivity (Wildman–Crippen MR) is 78.5 cm³/mol. The van der Waals surface area contributed by atoms with Gasteiger partial charge in [-0.25, -0.2) is 0 Å². The van der Waals surface area contributed by atoms with Crippen molar-refractivity contribution < 1.29 is 14.3 Å². The second kappa shape index (κ2) is 6.12. The molecule has 2 aliphatic heterocycles. The van der Waals surface area contributed by atoms with Gasteiger partial charge < -0.3 is 15.2 Å². The van der Waals surface area contributed by atoms with Crippen LogP contribution in [0.25, 0.3) is 0 Å². The summed E-state index contributed by atoms with van der Waals surface area (Å²) in [5.74, 6) is 0.424. The van der Waals surface area contributed by atoms with Gasteiger partial charge in [-0.2, -0.15) is 0 Å². The number of Topliss-reactive ketones (excluding diaryl/α,β-unsaturated/α-hetero) is 1. The Kier molecular flexibility index (Phi) is 4.88. The van der Waals surface area contributed by atoms with Crippen molar-refractivity contribution in [3.63, 3.8) is 0 Å². The van der Waals surface area contributed by atoms with Crippen molar-refractivity contribution in [1.29, 1.82) is 0 Å². The van der Waals surface area contributed by atoms with Gasteiger partial charge in [0.05, 0.1) is 12.2 Å². The number of carbonyl (C=O) groups excluding carboxylic acids is 1. The van der Waals surface area contributed by atoms with Crippen LogP contribution in [0.3, 0.4) is 0 Å². The Morgan fingerprint density at radius 2 is 2.15 bits per heavy atom. The smallest absolute Gasteiger partial charge is 0.137 e. The van der Waals surface area contributed by atoms with Crippen LogP contribution in [-0.2, 0) is 14.3 Å². The summed E-state index contributed by atoms with van der Waals surface area (Å²) in [6, 6.07) is -0.0267. The summed E-state index contributed by atoms with van der Waals surface area (Å²) >= 11 is 0. The molecule has 0 bridgehead atoms. The van der Waals surface area contributed by atoms with Crippen LogP contribution >= 0.6 is 0 Å². The molecule has 0 saturated carbocycles. The number of ketones is 1. The number of rotatable bonds is 4. The Labute approximate surface area is 122 Å². The zero-order valence-electron chi connectivity index (χ0n) is 13.1. The van der Waals surface area contributed by atoms with Crippen LogP contribution < -0.4 is 5.73 Å². The van der Waals surface area contributed by atoms with Gasteiger partial charge in [0.25, 0.3) is 0 Å². The first-order valence-corrected chi connectivity index (χ1v) is 7.80. The lowest BCUT2D eigenvalue weighted by molar-refractivity contribution is -0.137. The molecule has 0 aliphatic carbocycles. The molecule has 2 fully saturated rings. The lowest BCUT2D eigenvalue weighted by Gasteiger charge is -2.36. The third-order valence-electron chi connectivity index (χ3n) is 4.35. The zero-order valence-corrected chi connectivity index (χ0v) is 13.1. The summed E-state index contributed by atoms with van der Waals surface area (Å²) < 4.78 is 11.3. The van der Waals surface area contributed by atoms with Gasteiger partial charge >= 0.3 is 0 Å². The molecule has 2 rings (SSSR count). The number of hydrogen-bond donors (Lipinski definition) is 1. The van der Waals surface area contributed by atoms with E-state index in [1.54, 1.807) is 0 Å². The molecule has 2 aliphatic rings. The van der Waals surface area contributed by atoms with E-state index >= 15 is 0 Å². The Bertz CT molecular complexity index is 342. The van der Waals surface area contributed by atoms with Crippen LogP contribution in [0.15, 0.2) is 0 Å². The fourth-order valence-electron chi connectivity index (χ4n) is 3.45. The van der Waals surface area contributed by atoms with E-state index < -0.39 is 0 Å². The Morgan fingerprint density at radius 3 is 2.75 bits per heavy atom. The van der Waals surface area contributed by atoms with Crippen molar-refractivity contribution in [2.24, 2.45) is 17.1 Å². The van der Waals surface area contributed by atoms with Crippen molar-refractivity contribution in [1.82, 2.24) is 0 Å². The minimum absolute atomic E-state index is 0.0267. The Hall–Kier alpha value is -0.450. The van der Waals surface area contributed by atoms with E-state index in [9.17, 15) is 4.79 Å². The largest absolute Gasteiger partial charge is 0.378 e. The Balaban J connectivity index is 1.86. The fraction of sp³-hybridized carbons (Fsp3) is 0.938. The standard InChI is InChI=1S/C16H29NO3/c1-15(2,3)10-13(17)8-14(18)12-4-6-20-16(9-12)5-7-19-11-16/h12-13H,4-11,17H2,1-3H3. The van der Waals surface area contributed by atoms with Gasteiger partial charge in [0.2, 0.25) is 0 Å². The normalized spacial score (nSPS) is 32.5. The zero-order chi connectivity index (χ0) is 14.8. The summed E-state index contributed by atoms with van der Waals surface area (Å²) in [4.78, 5) is 12.5. The van der Waals surface area contributed by atoms with Crippen molar-refractivity contribution in [3.05, 3.63) is 0 Å². The molecule has 2 N–H and O–H groups in total. The van der Waals surface area contributed by atoms with Gasteiger partial charge in [-0.05, 0) is 24.7 Å². The fourth-order valence-corrected chi connectivity index (χ4v) is 3.45. The van der Waals surface area contributed by atoms with E-state index in [0.29, 0.717) is 25.4 Å². The highest BCUT2D eigenvalue weighted by Crippen LogP contribution is 2.36.